The summed E-state index contributed by atoms with van der Waals surface area (Å²) in [4.78, 5) is 11.3. The van der Waals surface area contributed by atoms with Crippen molar-refractivity contribution in [1.29, 1.82) is 0 Å². The normalized spacial score (nSPS) is 10.5. The quantitative estimate of drug-likeness (QED) is 0.816. The third-order valence-corrected chi connectivity index (χ3v) is 1.67. The highest BCUT2D eigenvalue weighted by atomic mass is 35.5. The third-order valence-electron chi connectivity index (χ3n) is 1.47. The van der Waals surface area contributed by atoms with Gasteiger partial charge >= 0.3 is 0 Å². The zero-order valence-corrected chi connectivity index (χ0v) is 8.39. The van der Waals surface area contributed by atoms with Crippen LogP contribution >= 0.6 is 11.6 Å². The van der Waals surface area contributed by atoms with Crippen molar-refractivity contribution in [3.8, 4) is 0 Å². The predicted octanol–water partition coefficient (Wildman–Crippen LogP) is 2.32. The molecule has 0 aliphatic rings. The van der Waals surface area contributed by atoms with Crippen molar-refractivity contribution in [3.63, 3.8) is 0 Å². The molecule has 0 aromatic carbocycles. The van der Waals surface area contributed by atoms with Crippen molar-refractivity contribution in [2.75, 3.05) is 6.54 Å². The standard InChI is InChI=1S/C9H12ClNO2/c1-6(2)5-11-9(12)7-3-4-8(10)13-7/h3-4,6H,5H2,1-2H3,(H,11,12). The van der Waals surface area contributed by atoms with Crippen LogP contribution in [-0.2, 0) is 0 Å². The lowest BCUT2D eigenvalue weighted by atomic mass is 10.2. The Morgan fingerprint density at radius 3 is 2.77 bits per heavy atom. The Hall–Kier alpha value is -0.960. The molecular weight excluding hydrogens is 190 g/mol. The topological polar surface area (TPSA) is 42.2 Å². The number of carbonyl (C=O) groups excluding carboxylic acids is 1. The van der Waals surface area contributed by atoms with Gasteiger partial charge in [-0.25, -0.2) is 0 Å². The van der Waals surface area contributed by atoms with E-state index in [9.17, 15) is 4.79 Å². The van der Waals surface area contributed by atoms with E-state index in [1.165, 1.54) is 0 Å². The summed E-state index contributed by atoms with van der Waals surface area (Å²) in [6.07, 6.45) is 0. The fraction of sp³-hybridized carbons (Fsp3) is 0.444. The van der Waals surface area contributed by atoms with E-state index in [2.05, 4.69) is 5.32 Å². The molecule has 0 spiro atoms. The van der Waals surface area contributed by atoms with Crippen LogP contribution in [0, 0.1) is 5.92 Å². The number of nitrogens with one attached hydrogen (secondary N) is 1. The second kappa shape index (κ2) is 4.33. The highest BCUT2D eigenvalue weighted by Gasteiger charge is 2.09. The fourth-order valence-electron chi connectivity index (χ4n) is 0.820. The van der Waals surface area contributed by atoms with Crippen LogP contribution in [0.5, 0.6) is 0 Å². The van der Waals surface area contributed by atoms with Crippen LogP contribution in [0.1, 0.15) is 24.4 Å². The van der Waals surface area contributed by atoms with Crippen LogP contribution < -0.4 is 5.32 Å². The van der Waals surface area contributed by atoms with E-state index >= 15 is 0 Å². The lowest BCUT2D eigenvalue weighted by Crippen LogP contribution is -2.26. The minimum atomic E-state index is -0.222. The number of hydrogen-bond acceptors (Lipinski definition) is 2. The SMILES string of the molecule is CC(C)CNC(=O)c1ccc(Cl)o1. The van der Waals surface area contributed by atoms with Gasteiger partial charge in [0.05, 0.1) is 0 Å². The first kappa shape index (κ1) is 10.1. The van der Waals surface area contributed by atoms with Gasteiger partial charge in [-0.2, -0.15) is 0 Å². The molecule has 1 aromatic heterocycles. The maximum Gasteiger partial charge on any atom is 0.287 e. The molecule has 1 amide bonds. The molecule has 1 heterocycles. The molecule has 13 heavy (non-hydrogen) atoms. The lowest BCUT2D eigenvalue weighted by molar-refractivity contribution is 0.0921. The van der Waals surface area contributed by atoms with E-state index in [4.69, 9.17) is 16.0 Å². The summed E-state index contributed by atoms with van der Waals surface area (Å²) in [5, 5.41) is 2.95. The Labute approximate surface area is 82.1 Å². The fourth-order valence-corrected chi connectivity index (χ4v) is 0.966. The Morgan fingerprint density at radius 1 is 1.62 bits per heavy atom. The largest absolute Gasteiger partial charge is 0.440 e. The van der Waals surface area contributed by atoms with Crippen LogP contribution in [0.4, 0.5) is 0 Å². The second-order valence-electron chi connectivity index (χ2n) is 3.21. The minimum Gasteiger partial charge on any atom is -0.440 e. The number of hydrogen-bond donors (Lipinski definition) is 1. The summed E-state index contributed by atoms with van der Waals surface area (Å²) in [5.41, 5.74) is 0. The first-order valence-electron chi connectivity index (χ1n) is 4.13. The molecular formula is C9H12ClNO2. The lowest BCUT2D eigenvalue weighted by Gasteiger charge is -2.04. The zero-order chi connectivity index (χ0) is 9.84. The molecule has 3 nitrogen and oxygen atoms in total. The predicted molar refractivity (Wildman–Crippen MR) is 50.9 cm³/mol. The summed E-state index contributed by atoms with van der Waals surface area (Å²) >= 11 is 5.52. The summed E-state index contributed by atoms with van der Waals surface area (Å²) in [5.74, 6) is 0.459. The van der Waals surface area contributed by atoms with E-state index in [1.54, 1.807) is 12.1 Å². The van der Waals surface area contributed by atoms with Crippen molar-refractivity contribution in [3.05, 3.63) is 23.1 Å². The van der Waals surface area contributed by atoms with Gasteiger partial charge in [-0.15, -0.1) is 0 Å². The molecule has 0 radical (unpaired) electrons. The third kappa shape index (κ3) is 3.11. The average molecular weight is 202 g/mol. The Morgan fingerprint density at radius 2 is 2.31 bits per heavy atom. The first-order chi connectivity index (χ1) is 6.09. The van der Waals surface area contributed by atoms with Gasteiger partial charge in [0, 0.05) is 6.54 Å². The molecule has 0 unspecified atom stereocenters. The van der Waals surface area contributed by atoms with Gasteiger partial charge in [0.15, 0.2) is 11.0 Å². The van der Waals surface area contributed by atoms with Gasteiger partial charge in [0.2, 0.25) is 0 Å². The second-order valence-corrected chi connectivity index (χ2v) is 3.58. The van der Waals surface area contributed by atoms with Crippen LogP contribution in [0.25, 0.3) is 0 Å². The maximum absolute atomic E-state index is 11.3. The van der Waals surface area contributed by atoms with Gasteiger partial charge in [-0.3, -0.25) is 4.79 Å². The van der Waals surface area contributed by atoms with Crippen molar-refractivity contribution in [1.82, 2.24) is 5.32 Å². The van der Waals surface area contributed by atoms with Crippen LogP contribution in [0.15, 0.2) is 16.5 Å². The average Bonchev–Trinajstić information content (AvgIpc) is 2.47. The summed E-state index contributed by atoms with van der Waals surface area (Å²) in [6, 6.07) is 3.10. The molecule has 1 rings (SSSR count). The number of carbonyl (C=O) groups is 1. The Kier molecular flexibility index (Phi) is 3.37. The molecule has 0 saturated carbocycles. The van der Waals surface area contributed by atoms with Gasteiger partial charge < -0.3 is 9.73 Å². The van der Waals surface area contributed by atoms with E-state index in [-0.39, 0.29) is 16.9 Å². The Bertz CT molecular complexity index is 294. The molecule has 1 N–H and O–H groups in total. The van der Waals surface area contributed by atoms with Crippen molar-refractivity contribution in [2.45, 2.75) is 13.8 Å². The van der Waals surface area contributed by atoms with Gasteiger partial charge in [0.1, 0.15) is 0 Å². The number of amides is 1. The summed E-state index contributed by atoms with van der Waals surface area (Å²) < 4.78 is 4.93. The van der Waals surface area contributed by atoms with E-state index in [1.807, 2.05) is 13.8 Å². The van der Waals surface area contributed by atoms with Crippen molar-refractivity contribution < 1.29 is 9.21 Å². The smallest absolute Gasteiger partial charge is 0.287 e. The van der Waals surface area contributed by atoms with Crippen LogP contribution in [0.3, 0.4) is 0 Å². The van der Waals surface area contributed by atoms with E-state index < -0.39 is 0 Å². The number of halogens is 1. The molecule has 72 valence electrons. The molecule has 1 aromatic rings. The van der Waals surface area contributed by atoms with E-state index in [0.717, 1.165) is 0 Å². The molecule has 0 atom stereocenters. The molecule has 0 aliphatic carbocycles. The summed E-state index contributed by atoms with van der Waals surface area (Å²) in [7, 11) is 0. The number of furan rings is 1. The molecule has 0 aliphatic heterocycles. The Balaban J connectivity index is 2.49. The minimum absolute atomic E-state index is 0.222. The molecule has 0 fully saturated rings. The van der Waals surface area contributed by atoms with Crippen LogP contribution in [-0.4, -0.2) is 12.5 Å². The van der Waals surface area contributed by atoms with E-state index in [0.29, 0.717) is 12.5 Å². The molecule has 4 heteroatoms. The van der Waals surface area contributed by atoms with Crippen molar-refractivity contribution >= 4 is 17.5 Å². The zero-order valence-electron chi connectivity index (χ0n) is 7.63. The van der Waals surface area contributed by atoms with Crippen LogP contribution in [0.2, 0.25) is 5.22 Å². The molecule has 0 saturated heterocycles. The van der Waals surface area contributed by atoms with Gasteiger partial charge in [0.25, 0.3) is 5.91 Å². The number of rotatable bonds is 3. The summed E-state index contributed by atoms with van der Waals surface area (Å²) in [6.45, 7) is 4.68. The maximum atomic E-state index is 11.3. The monoisotopic (exact) mass is 201 g/mol. The highest BCUT2D eigenvalue weighted by molar-refractivity contribution is 6.29. The first-order valence-corrected chi connectivity index (χ1v) is 4.51. The highest BCUT2D eigenvalue weighted by Crippen LogP contribution is 2.12. The van der Waals surface area contributed by atoms with Gasteiger partial charge in [-0.1, -0.05) is 13.8 Å². The van der Waals surface area contributed by atoms with Crippen molar-refractivity contribution in [2.24, 2.45) is 5.92 Å². The molecule has 0 bridgehead atoms. The van der Waals surface area contributed by atoms with Gasteiger partial charge in [-0.05, 0) is 29.7 Å².